The average Bonchev–Trinajstić information content (AvgIpc) is 3.41. The molecule has 7 nitrogen and oxygen atoms in total. The number of piperidine rings is 1. The summed E-state index contributed by atoms with van der Waals surface area (Å²) in [5.74, 6) is 1.98. The lowest BCUT2D eigenvalue weighted by atomic mass is 10.0. The molecule has 1 aliphatic rings. The second kappa shape index (κ2) is 6.58. The first-order valence-electron chi connectivity index (χ1n) is 8.58. The Hall–Kier alpha value is -2.83. The summed E-state index contributed by atoms with van der Waals surface area (Å²) in [7, 11) is 0. The van der Waals surface area contributed by atoms with E-state index in [2.05, 4.69) is 21.6 Å². The zero-order valence-electron chi connectivity index (χ0n) is 14.1. The molecule has 1 fully saturated rings. The van der Waals surface area contributed by atoms with E-state index < -0.39 is 0 Å². The van der Waals surface area contributed by atoms with Gasteiger partial charge in [-0.25, -0.2) is 4.98 Å². The third-order valence-electron chi connectivity index (χ3n) is 4.64. The van der Waals surface area contributed by atoms with Crippen LogP contribution < -0.4 is 0 Å². The van der Waals surface area contributed by atoms with Crippen LogP contribution in [-0.4, -0.2) is 38.6 Å². The molecule has 1 aliphatic heterocycles. The highest BCUT2D eigenvalue weighted by molar-refractivity contribution is 5.93. The van der Waals surface area contributed by atoms with Gasteiger partial charge in [0.1, 0.15) is 5.82 Å². The van der Waals surface area contributed by atoms with Gasteiger partial charge in [-0.3, -0.25) is 4.79 Å². The van der Waals surface area contributed by atoms with Crippen molar-refractivity contribution in [2.45, 2.75) is 32.2 Å². The maximum Gasteiger partial charge on any atom is 0.276 e. The van der Waals surface area contributed by atoms with E-state index in [4.69, 9.17) is 8.94 Å². The van der Waals surface area contributed by atoms with Gasteiger partial charge in [-0.2, -0.15) is 0 Å². The Morgan fingerprint density at radius 1 is 1.40 bits per heavy atom. The number of furan rings is 1. The average molecular weight is 340 g/mol. The first kappa shape index (κ1) is 15.7. The summed E-state index contributed by atoms with van der Waals surface area (Å²) in [5, 5.41) is 3.92. The predicted molar refractivity (Wildman–Crippen MR) is 90.0 cm³/mol. The summed E-state index contributed by atoms with van der Waals surface area (Å²) < 4.78 is 12.7. The van der Waals surface area contributed by atoms with Gasteiger partial charge >= 0.3 is 0 Å². The minimum atomic E-state index is -0.107. The third kappa shape index (κ3) is 2.97. The molecule has 3 aromatic heterocycles. The van der Waals surface area contributed by atoms with Crippen LogP contribution in [0.25, 0.3) is 11.5 Å². The molecule has 0 aromatic carbocycles. The SMILES string of the molecule is CCc1nccn1[C@@H]1CCCN(C(=O)c2cc(-c3ccco3)on2)C1. The second-order valence-corrected chi connectivity index (χ2v) is 6.21. The van der Waals surface area contributed by atoms with Crippen LogP contribution in [0.3, 0.4) is 0 Å². The van der Waals surface area contributed by atoms with Crippen LogP contribution in [0.5, 0.6) is 0 Å². The Labute approximate surface area is 145 Å². The molecule has 1 atom stereocenters. The summed E-state index contributed by atoms with van der Waals surface area (Å²) >= 11 is 0. The minimum Gasteiger partial charge on any atom is -0.461 e. The lowest BCUT2D eigenvalue weighted by Gasteiger charge is -2.33. The fourth-order valence-electron chi connectivity index (χ4n) is 3.39. The molecule has 0 N–H and O–H groups in total. The van der Waals surface area contributed by atoms with Gasteiger partial charge in [0.25, 0.3) is 5.91 Å². The largest absolute Gasteiger partial charge is 0.461 e. The van der Waals surface area contributed by atoms with Crippen LogP contribution in [0.1, 0.15) is 42.1 Å². The number of hydrogen-bond acceptors (Lipinski definition) is 5. The Bertz CT molecular complexity index is 849. The highest BCUT2D eigenvalue weighted by Crippen LogP contribution is 2.26. The molecule has 4 heterocycles. The number of imidazole rings is 1. The van der Waals surface area contributed by atoms with Gasteiger partial charge in [0.05, 0.1) is 12.3 Å². The molecule has 0 unspecified atom stereocenters. The maximum atomic E-state index is 12.8. The van der Waals surface area contributed by atoms with Crippen molar-refractivity contribution >= 4 is 5.91 Å². The van der Waals surface area contributed by atoms with E-state index in [1.165, 1.54) is 0 Å². The molecule has 4 rings (SSSR count). The molecule has 0 saturated carbocycles. The van der Waals surface area contributed by atoms with Crippen molar-refractivity contribution in [1.82, 2.24) is 19.6 Å². The summed E-state index contributed by atoms with van der Waals surface area (Å²) in [6.45, 7) is 3.48. The van der Waals surface area contributed by atoms with E-state index in [-0.39, 0.29) is 11.9 Å². The van der Waals surface area contributed by atoms with Crippen LogP contribution in [0.2, 0.25) is 0 Å². The van der Waals surface area contributed by atoms with Crippen LogP contribution in [0, 0.1) is 0 Å². The number of amides is 1. The Kier molecular flexibility index (Phi) is 4.13. The van der Waals surface area contributed by atoms with Crippen molar-refractivity contribution in [3.05, 3.63) is 48.4 Å². The van der Waals surface area contributed by atoms with Crippen molar-refractivity contribution in [3.8, 4) is 11.5 Å². The van der Waals surface area contributed by atoms with E-state index in [1.54, 1.807) is 24.5 Å². The normalized spacial score (nSPS) is 17.8. The molecule has 25 heavy (non-hydrogen) atoms. The minimum absolute atomic E-state index is 0.107. The maximum absolute atomic E-state index is 12.8. The van der Waals surface area contributed by atoms with E-state index in [0.717, 1.165) is 31.6 Å². The summed E-state index contributed by atoms with van der Waals surface area (Å²) in [5.41, 5.74) is 0.313. The zero-order valence-corrected chi connectivity index (χ0v) is 14.1. The number of rotatable bonds is 4. The van der Waals surface area contributed by atoms with Gasteiger partial charge in [0, 0.05) is 38.0 Å². The van der Waals surface area contributed by atoms with Crippen LogP contribution in [0.4, 0.5) is 0 Å². The number of aryl methyl sites for hydroxylation is 1. The number of nitrogens with zero attached hydrogens (tertiary/aromatic N) is 4. The molecule has 7 heteroatoms. The van der Waals surface area contributed by atoms with Crippen molar-refractivity contribution in [1.29, 1.82) is 0 Å². The summed E-state index contributed by atoms with van der Waals surface area (Å²) in [6, 6.07) is 5.44. The topological polar surface area (TPSA) is 77.3 Å². The van der Waals surface area contributed by atoms with Gasteiger partial charge in [0.15, 0.2) is 11.5 Å². The number of hydrogen-bond donors (Lipinski definition) is 0. The van der Waals surface area contributed by atoms with Gasteiger partial charge in [-0.1, -0.05) is 12.1 Å². The first-order valence-corrected chi connectivity index (χ1v) is 8.58. The second-order valence-electron chi connectivity index (χ2n) is 6.21. The Morgan fingerprint density at radius 2 is 2.32 bits per heavy atom. The standard InChI is InChI=1S/C18H20N4O3/c1-2-17-19-7-9-22(17)13-5-3-8-21(12-13)18(23)14-11-16(25-20-14)15-6-4-10-24-15/h4,6-7,9-11,13H,2-3,5,8,12H2,1H3/t13-/m1/s1. The van der Waals surface area contributed by atoms with Gasteiger partial charge in [-0.05, 0) is 25.0 Å². The van der Waals surface area contributed by atoms with E-state index in [9.17, 15) is 4.79 Å². The lowest BCUT2D eigenvalue weighted by molar-refractivity contribution is 0.0667. The van der Waals surface area contributed by atoms with Gasteiger partial charge in [-0.15, -0.1) is 0 Å². The van der Waals surface area contributed by atoms with Crippen LogP contribution >= 0.6 is 0 Å². The molecular formula is C18H20N4O3. The molecular weight excluding hydrogens is 320 g/mol. The lowest BCUT2D eigenvalue weighted by Crippen LogP contribution is -2.41. The van der Waals surface area contributed by atoms with E-state index in [1.807, 2.05) is 17.3 Å². The summed E-state index contributed by atoms with van der Waals surface area (Å²) in [4.78, 5) is 19.0. The monoisotopic (exact) mass is 340 g/mol. The fourth-order valence-corrected chi connectivity index (χ4v) is 3.39. The van der Waals surface area contributed by atoms with Crippen LogP contribution in [0.15, 0.2) is 45.8 Å². The van der Waals surface area contributed by atoms with Crippen molar-refractivity contribution in [2.24, 2.45) is 0 Å². The predicted octanol–water partition coefficient (Wildman–Crippen LogP) is 3.17. The molecule has 0 aliphatic carbocycles. The molecule has 0 bridgehead atoms. The highest BCUT2D eigenvalue weighted by atomic mass is 16.5. The Morgan fingerprint density at radius 3 is 3.12 bits per heavy atom. The molecule has 130 valence electrons. The quantitative estimate of drug-likeness (QED) is 0.729. The molecule has 1 saturated heterocycles. The molecule has 1 amide bonds. The third-order valence-corrected chi connectivity index (χ3v) is 4.64. The van der Waals surface area contributed by atoms with Crippen LogP contribution in [-0.2, 0) is 6.42 Å². The number of aromatic nitrogens is 3. The smallest absolute Gasteiger partial charge is 0.276 e. The van der Waals surface area contributed by atoms with Crippen molar-refractivity contribution in [3.63, 3.8) is 0 Å². The zero-order chi connectivity index (χ0) is 17.2. The fraction of sp³-hybridized carbons (Fsp3) is 0.389. The van der Waals surface area contributed by atoms with Crippen molar-refractivity contribution in [2.75, 3.05) is 13.1 Å². The Balaban J connectivity index is 1.50. The first-order chi connectivity index (χ1) is 12.3. The highest BCUT2D eigenvalue weighted by Gasteiger charge is 2.28. The van der Waals surface area contributed by atoms with E-state index in [0.29, 0.717) is 23.8 Å². The summed E-state index contributed by atoms with van der Waals surface area (Å²) in [6.07, 6.45) is 8.28. The number of carbonyl (C=O) groups excluding carboxylic acids is 1. The number of likely N-dealkylation sites (tertiary alicyclic amines) is 1. The molecule has 0 spiro atoms. The molecule has 3 aromatic rings. The van der Waals surface area contributed by atoms with Crippen molar-refractivity contribution < 1.29 is 13.7 Å². The number of carbonyl (C=O) groups is 1. The van der Waals surface area contributed by atoms with E-state index >= 15 is 0 Å². The van der Waals surface area contributed by atoms with Gasteiger partial charge in [0.2, 0.25) is 5.76 Å². The van der Waals surface area contributed by atoms with Gasteiger partial charge < -0.3 is 18.4 Å². The molecule has 0 radical (unpaired) electrons.